The van der Waals surface area contributed by atoms with Crippen LogP contribution < -0.4 is 5.32 Å². The number of para-hydroxylation sites is 1. The van der Waals surface area contributed by atoms with Gasteiger partial charge in [-0.05, 0) is 24.2 Å². The van der Waals surface area contributed by atoms with Crippen molar-refractivity contribution in [3.63, 3.8) is 0 Å². The summed E-state index contributed by atoms with van der Waals surface area (Å²) in [6.45, 7) is 4.38. The standard InChI is InChI=1S/C18H21FN2O/c1-2-21(14-15-8-4-3-5-9-15)13-12-18(22)20-17-11-7-6-10-16(17)19/h3-11H,2,12-14H2,1H3,(H,20,22). The summed E-state index contributed by atoms with van der Waals surface area (Å²) in [5.74, 6) is -0.580. The van der Waals surface area contributed by atoms with E-state index in [0.29, 0.717) is 13.0 Å². The van der Waals surface area contributed by atoms with Gasteiger partial charge in [0.2, 0.25) is 5.91 Å². The van der Waals surface area contributed by atoms with E-state index in [4.69, 9.17) is 0 Å². The third-order valence-electron chi connectivity index (χ3n) is 3.50. The molecule has 2 aromatic carbocycles. The van der Waals surface area contributed by atoms with Crippen molar-refractivity contribution in [3.05, 3.63) is 66.0 Å². The summed E-state index contributed by atoms with van der Waals surface area (Å²) in [6, 6.07) is 16.3. The molecule has 0 aromatic heterocycles. The summed E-state index contributed by atoms with van der Waals surface area (Å²) in [6.07, 6.45) is 0.342. The molecule has 116 valence electrons. The quantitative estimate of drug-likeness (QED) is 0.846. The fraction of sp³-hybridized carbons (Fsp3) is 0.278. The Balaban J connectivity index is 1.83. The molecule has 0 saturated heterocycles. The highest BCUT2D eigenvalue weighted by molar-refractivity contribution is 5.90. The third-order valence-corrected chi connectivity index (χ3v) is 3.50. The van der Waals surface area contributed by atoms with Crippen LogP contribution in [0.1, 0.15) is 18.9 Å². The van der Waals surface area contributed by atoms with E-state index in [9.17, 15) is 9.18 Å². The number of hydrogen-bond donors (Lipinski definition) is 1. The molecule has 2 rings (SSSR count). The number of benzene rings is 2. The molecule has 0 unspecified atom stereocenters. The van der Waals surface area contributed by atoms with E-state index in [-0.39, 0.29) is 11.6 Å². The Morgan fingerprint density at radius 1 is 1.09 bits per heavy atom. The molecule has 0 heterocycles. The molecule has 0 bridgehead atoms. The summed E-state index contributed by atoms with van der Waals surface area (Å²) < 4.78 is 13.5. The number of amides is 1. The van der Waals surface area contributed by atoms with Crippen LogP contribution in [0.25, 0.3) is 0 Å². The van der Waals surface area contributed by atoms with E-state index in [1.807, 2.05) is 18.2 Å². The number of halogens is 1. The van der Waals surface area contributed by atoms with Crippen LogP contribution in [-0.4, -0.2) is 23.9 Å². The summed E-state index contributed by atoms with van der Waals surface area (Å²) in [4.78, 5) is 14.1. The molecule has 0 aliphatic carbocycles. The van der Waals surface area contributed by atoms with E-state index in [1.165, 1.54) is 11.6 Å². The fourth-order valence-corrected chi connectivity index (χ4v) is 2.23. The van der Waals surface area contributed by atoms with Crippen LogP contribution in [0.15, 0.2) is 54.6 Å². The predicted octanol–water partition coefficient (Wildman–Crippen LogP) is 3.68. The lowest BCUT2D eigenvalue weighted by Crippen LogP contribution is -2.27. The highest BCUT2D eigenvalue weighted by Crippen LogP contribution is 2.13. The van der Waals surface area contributed by atoms with E-state index >= 15 is 0 Å². The fourth-order valence-electron chi connectivity index (χ4n) is 2.23. The Bertz CT molecular complexity index is 601. The van der Waals surface area contributed by atoms with E-state index in [2.05, 4.69) is 29.3 Å². The summed E-state index contributed by atoms with van der Waals surface area (Å²) in [7, 11) is 0. The molecule has 3 nitrogen and oxygen atoms in total. The number of rotatable bonds is 7. The van der Waals surface area contributed by atoms with Crippen molar-refractivity contribution in [2.45, 2.75) is 19.9 Å². The molecular weight excluding hydrogens is 279 g/mol. The Labute approximate surface area is 130 Å². The van der Waals surface area contributed by atoms with Gasteiger partial charge < -0.3 is 5.32 Å². The molecule has 4 heteroatoms. The average Bonchev–Trinajstić information content (AvgIpc) is 2.54. The smallest absolute Gasteiger partial charge is 0.225 e. The van der Waals surface area contributed by atoms with Crippen molar-refractivity contribution in [3.8, 4) is 0 Å². The minimum absolute atomic E-state index is 0.170. The van der Waals surface area contributed by atoms with Gasteiger partial charge in [0, 0.05) is 19.5 Å². The molecule has 0 atom stereocenters. The molecule has 0 aliphatic rings. The number of carbonyl (C=O) groups is 1. The molecule has 0 spiro atoms. The summed E-state index contributed by atoms with van der Waals surface area (Å²) in [5.41, 5.74) is 1.46. The first kappa shape index (κ1) is 16.2. The second kappa shape index (κ2) is 8.29. The minimum Gasteiger partial charge on any atom is -0.324 e. The molecule has 0 radical (unpaired) electrons. The second-order valence-corrected chi connectivity index (χ2v) is 5.13. The van der Waals surface area contributed by atoms with Crippen molar-refractivity contribution in [1.29, 1.82) is 0 Å². The predicted molar refractivity (Wildman–Crippen MR) is 87.0 cm³/mol. The van der Waals surface area contributed by atoms with Gasteiger partial charge in [0.15, 0.2) is 0 Å². The number of nitrogens with zero attached hydrogens (tertiary/aromatic N) is 1. The Morgan fingerprint density at radius 2 is 1.77 bits per heavy atom. The van der Waals surface area contributed by atoms with Crippen LogP contribution in [0, 0.1) is 5.82 Å². The van der Waals surface area contributed by atoms with Gasteiger partial charge in [0.25, 0.3) is 0 Å². The lowest BCUT2D eigenvalue weighted by molar-refractivity contribution is -0.116. The topological polar surface area (TPSA) is 32.3 Å². The molecule has 1 amide bonds. The van der Waals surface area contributed by atoms with Crippen LogP contribution in [0.5, 0.6) is 0 Å². The zero-order chi connectivity index (χ0) is 15.8. The lowest BCUT2D eigenvalue weighted by Gasteiger charge is -2.20. The van der Waals surface area contributed by atoms with Crippen LogP contribution >= 0.6 is 0 Å². The number of hydrogen-bond acceptors (Lipinski definition) is 2. The van der Waals surface area contributed by atoms with Gasteiger partial charge in [-0.3, -0.25) is 9.69 Å². The highest BCUT2D eigenvalue weighted by Gasteiger charge is 2.09. The zero-order valence-corrected chi connectivity index (χ0v) is 12.8. The molecule has 22 heavy (non-hydrogen) atoms. The van der Waals surface area contributed by atoms with Crippen molar-refractivity contribution in [1.82, 2.24) is 4.90 Å². The Morgan fingerprint density at radius 3 is 2.45 bits per heavy atom. The molecule has 0 aliphatic heterocycles. The third kappa shape index (κ3) is 4.97. The maximum atomic E-state index is 13.5. The molecule has 1 N–H and O–H groups in total. The van der Waals surface area contributed by atoms with E-state index in [1.54, 1.807) is 18.2 Å². The van der Waals surface area contributed by atoms with Crippen LogP contribution in [-0.2, 0) is 11.3 Å². The number of carbonyl (C=O) groups excluding carboxylic acids is 1. The van der Waals surface area contributed by atoms with Crippen molar-refractivity contribution < 1.29 is 9.18 Å². The molecular formula is C18H21FN2O. The average molecular weight is 300 g/mol. The van der Waals surface area contributed by atoms with Crippen molar-refractivity contribution in [2.75, 3.05) is 18.4 Å². The second-order valence-electron chi connectivity index (χ2n) is 5.13. The van der Waals surface area contributed by atoms with E-state index < -0.39 is 5.82 Å². The lowest BCUT2D eigenvalue weighted by atomic mass is 10.2. The van der Waals surface area contributed by atoms with Gasteiger partial charge in [0.1, 0.15) is 5.82 Å². The van der Waals surface area contributed by atoms with Gasteiger partial charge in [-0.1, -0.05) is 49.4 Å². The number of nitrogens with one attached hydrogen (secondary N) is 1. The van der Waals surface area contributed by atoms with Crippen LogP contribution in [0.3, 0.4) is 0 Å². The molecule has 0 fully saturated rings. The monoisotopic (exact) mass is 300 g/mol. The largest absolute Gasteiger partial charge is 0.324 e. The Hall–Kier alpha value is -2.20. The van der Waals surface area contributed by atoms with Gasteiger partial charge in [-0.25, -0.2) is 4.39 Å². The Kier molecular flexibility index (Phi) is 6.10. The first-order valence-corrected chi connectivity index (χ1v) is 7.49. The first-order chi connectivity index (χ1) is 10.7. The van der Waals surface area contributed by atoms with Crippen LogP contribution in [0.2, 0.25) is 0 Å². The van der Waals surface area contributed by atoms with Gasteiger partial charge in [0.05, 0.1) is 5.69 Å². The van der Waals surface area contributed by atoms with Gasteiger partial charge in [-0.2, -0.15) is 0 Å². The maximum Gasteiger partial charge on any atom is 0.225 e. The van der Waals surface area contributed by atoms with Gasteiger partial charge in [-0.15, -0.1) is 0 Å². The van der Waals surface area contributed by atoms with Gasteiger partial charge >= 0.3 is 0 Å². The summed E-state index contributed by atoms with van der Waals surface area (Å²) in [5, 5.41) is 2.61. The molecule has 0 saturated carbocycles. The SMILES string of the molecule is CCN(CCC(=O)Nc1ccccc1F)Cc1ccccc1. The van der Waals surface area contributed by atoms with E-state index in [0.717, 1.165) is 13.1 Å². The summed E-state index contributed by atoms with van der Waals surface area (Å²) >= 11 is 0. The van der Waals surface area contributed by atoms with Crippen molar-refractivity contribution in [2.24, 2.45) is 0 Å². The normalized spacial score (nSPS) is 10.7. The maximum absolute atomic E-state index is 13.5. The number of anilines is 1. The highest BCUT2D eigenvalue weighted by atomic mass is 19.1. The zero-order valence-electron chi connectivity index (χ0n) is 12.8. The first-order valence-electron chi connectivity index (χ1n) is 7.49. The van der Waals surface area contributed by atoms with Crippen molar-refractivity contribution >= 4 is 11.6 Å². The minimum atomic E-state index is -0.410. The van der Waals surface area contributed by atoms with Crippen LogP contribution in [0.4, 0.5) is 10.1 Å². The molecule has 2 aromatic rings.